The molecule has 5 nitrogen and oxygen atoms in total. The molecule has 0 aliphatic carbocycles. The van der Waals surface area contributed by atoms with Crippen molar-refractivity contribution in [3.05, 3.63) is 88.4 Å². The summed E-state index contributed by atoms with van der Waals surface area (Å²) in [5.74, 6) is 0.544. The fraction of sp³-hybridized carbons (Fsp3) is 0.286. The second kappa shape index (κ2) is 11.2. The monoisotopic (exact) mass is 478 g/mol. The number of nitrogens with one attached hydrogen (secondary N) is 2. The van der Waals surface area contributed by atoms with Crippen molar-refractivity contribution in [3.8, 4) is 5.75 Å². The Kier molecular flexibility index (Phi) is 8.35. The van der Waals surface area contributed by atoms with Crippen LogP contribution in [-0.2, 0) is 4.79 Å². The predicted molar refractivity (Wildman–Crippen MR) is 139 cm³/mol. The second-order valence-electron chi connectivity index (χ2n) is 8.83. The molecule has 0 unspecified atom stereocenters. The minimum absolute atomic E-state index is 0.189. The molecule has 0 saturated heterocycles. The zero-order valence-corrected chi connectivity index (χ0v) is 20.9. The number of carbonyl (C=O) groups excluding carboxylic acids is 2. The van der Waals surface area contributed by atoms with Crippen molar-refractivity contribution in [2.24, 2.45) is 0 Å². The Hall–Kier alpha value is -3.31. The molecule has 3 aromatic rings. The van der Waals surface area contributed by atoms with Gasteiger partial charge in [-0.1, -0.05) is 69.6 Å². The van der Waals surface area contributed by atoms with Gasteiger partial charge in [-0.05, 0) is 66.3 Å². The van der Waals surface area contributed by atoms with Gasteiger partial charge in [0.2, 0.25) is 0 Å². The van der Waals surface area contributed by atoms with Gasteiger partial charge in [-0.25, -0.2) is 0 Å². The van der Waals surface area contributed by atoms with Crippen LogP contribution >= 0.6 is 11.6 Å². The lowest BCUT2D eigenvalue weighted by Gasteiger charge is -2.20. The highest BCUT2D eigenvalue weighted by atomic mass is 35.5. The normalized spacial score (nSPS) is 11.9. The average Bonchev–Trinajstić information content (AvgIpc) is 2.80. The molecule has 0 radical (unpaired) electrons. The first kappa shape index (κ1) is 25.3. The van der Waals surface area contributed by atoms with Crippen LogP contribution in [0.5, 0.6) is 5.75 Å². The number of hydrogen-bond acceptors (Lipinski definition) is 3. The summed E-state index contributed by atoms with van der Waals surface area (Å²) in [6, 6.07) is 19.9. The van der Waals surface area contributed by atoms with Gasteiger partial charge in [-0.3, -0.25) is 9.59 Å². The molecule has 178 valence electrons. The summed E-state index contributed by atoms with van der Waals surface area (Å²) in [4.78, 5) is 25.5. The summed E-state index contributed by atoms with van der Waals surface area (Å²) in [5.41, 5.74) is 4.13. The molecule has 3 rings (SSSR count). The highest BCUT2D eigenvalue weighted by Gasteiger charge is 2.18. The highest BCUT2D eigenvalue weighted by Crippen LogP contribution is 2.32. The predicted octanol–water partition coefficient (Wildman–Crippen LogP) is 7.25. The van der Waals surface area contributed by atoms with Gasteiger partial charge in [0.15, 0.2) is 6.10 Å². The Morgan fingerprint density at radius 1 is 0.765 bits per heavy atom. The number of benzene rings is 3. The van der Waals surface area contributed by atoms with Crippen LogP contribution in [-0.4, -0.2) is 17.9 Å². The molecule has 0 bridgehead atoms. The average molecular weight is 479 g/mol. The Morgan fingerprint density at radius 2 is 1.35 bits per heavy atom. The largest absolute Gasteiger partial charge is 0.481 e. The first-order chi connectivity index (χ1) is 16.2. The lowest BCUT2D eigenvalue weighted by Crippen LogP contribution is -2.30. The fourth-order valence-corrected chi connectivity index (χ4v) is 3.80. The van der Waals surface area contributed by atoms with E-state index in [0.29, 0.717) is 22.0 Å². The standard InChI is InChI=1S/C28H31ClN2O3/c1-17(2)22-9-8-10-23(18(3)4)26(22)31-28(33)20-13-15-21(16-14-20)34-19(5)27(32)30-25-12-7-6-11-24(25)29/h6-19H,1-5H3,(H,30,32)(H,31,33)/t19-/m1/s1. The van der Waals surface area contributed by atoms with Crippen molar-refractivity contribution in [3.63, 3.8) is 0 Å². The summed E-state index contributed by atoms with van der Waals surface area (Å²) in [7, 11) is 0. The van der Waals surface area contributed by atoms with Gasteiger partial charge in [0.25, 0.3) is 11.8 Å². The van der Waals surface area contributed by atoms with Crippen LogP contribution in [0.2, 0.25) is 5.02 Å². The summed E-state index contributed by atoms with van der Waals surface area (Å²) in [5, 5.41) is 6.33. The van der Waals surface area contributed by atoms with Gasteiger partial charge in [0.1, 0.15) is 5.75 Å². The molecule has 6 heteroatoms. The van der Waals surface area contributed by atoms with Crippen LogP contribution in [0.4, 0.5) is 11.4 Å². The van der Waals surface area contributed by atoms with E-state index in [1.54, 1.807) is 55.5 Å². The Balaban J connectivity index is 1.68. The molecular formula is C28H31ClN2O3. The lowest BCUT2D eigenvalue weighted by molar-refractivity contribution is -0.122. The Bertz CT molecular complexity index is 1130. The number of halogens is 1. The number of anilines is 2. The molecule has 0 saturated carbocycles. The smallest absolute Gasteiger partial charge is 0.265 e. The first-order valence-corrected chi connectivity index (χ1v) is 11.8. The zero-order valence-electron chi connectivity index (χ0n) is 20.2. The molecule has 0 aliphatic heterocycles. The van der Waals surface area contributed by atoms with Crippen LogP contribution in [0.3, 0.4) is 0 Å². The third kappa shape index (κ3) is 6.17. The first-order valence-electron chi connectivity index (χ1n) is 11.4. The van der Waals surface area contributed by atoms with Gasteiger partial charge in [0.05, 0.1) is 10.7 Å². The highest BCUT2D eigenvalue weighted by molar-refractivity contribution is 6.33. The number of amides is 2. The number of para-hydroxylation sites is 2. The van der Waals surface area contributed by atoms with E-state index in [1.165, 1.54) is 0 Å². The third-order valence-corrected chi connectivity index (χ3v) is 5.87. The maximum Gasteiger partial charge on any atom is 0.265 e. The van der Waals surface area contributed by atoms with Gasteiger partial charge in [0, 0.05) is 11.3 Å². The van der Waals surface area contributed by atoms with Crippen molar-refractivity contribution < 1.29 is 14.3 Å². The molecule has 2 amide bonds. The third-order valence-electron chi connectivity index (χ3n) is 5.54. The quantitative estimate of drug-likeness (QED) is 0.358. The summed E-state index contributed by atoms with van der Waals surface area (Å²) in [6.45, 7) is 10.1. The van der Waals surface area contributed by atoms with E-state index in [2.05, 4.69) is 50.5 Å². The van der Waals surface area contributed by atoms with E-state index in [9.17, 15) is 9.59 Å². The van der Waals surface area contributed by atoms with Gasteiger partial charge in [-0.15, -0.1) is 0 Å². The summed E-state index contributed by atoms with van der Waals surface area (Å²) < 4.78 is 5.76. The van der Waals surface area contributed by atoms with Crippen molar-refractivity contribution in [2.75, 3.05) is 10.6 Å². The molecule has 0 fully saturated rings. The molecule has 34 heavy (non-hydrogen) atoms. The summed E-state index contributed by atoms with van der Waals surface area (Å²) >= 11 is 6.10. The van der Waals surface area contributed by atoms with Gasteiger partial charge < -0.3 is 15.4 Å². The molecule has 0 spiro atoms. The second-order valence-corrected chi connectivity index (χ2v) is 9.24. The summed E-state index contributed by atoms with van der Waals surface area (Å²) in [6.07, 6.45) is -0.748. The Labute approximate surface area is 206 Å². The van der Waals surface area contributed by atoms with Crippen LogP contribution in [0.1, 0.15) is 67.9 Å². The molecule has 0 heterocycles. The molecule has 3 aromatic carbocycles. The minimum atomic E-state index is -0.748. The Morgan fingerprint density at radius 3 is 1.91 bits per heavy atom. The maximum absolute atomic E-state index is 13.0. The van der Waals surface area contributed by atoms with E-state index >= 15 is 0 Å². The van der Waals surface area contributed by atoms with Crippen molar-refractivity contribution in [1.29, 1.82) is 0 Å². The SMILES string of the molecule is CC(C)c1cccc(C(C)C)c1NC(=O)c1ccc(O[C@H](C)C(=O)Nc2ccccc2Cl)cc1. The van der Waals surface area contributed by atoms with E-state index < -0.39 is 6.10 Å². The maximum atomic E-state index is 13.0. The molecular weight excluding hydrogens is 448 g/mol. The van der Waals surface area contributed by atoms with Gasteiger partial charge >= 0.3 is 0 Å². The minimum Gasteiger partial charge on any atom is -0.481 e. The van der Waals surface area contributed by atoms with Crippen LogP contribution in [0.25, 0.3) is 0 Å². The number of rotatable bonds is 8. The van der Waals surface area contributed by atoms with Crippen molar-refractivity contribution in [1.82, 2.24) is 0 Å². The topological polar surface area (TPSA) is 67.4 Å². The van der Waals surface area contributed by atoms with Gasteiger partial charge in [-0.2, -0.15) is 0 Å². The van der Waals surface area contributed by atoms with Crippen LogP contribution in [0, 0.1) is 0 Å². The van der Waals surface area contributed by atoms with E-state index in [4.69, 9.17) is 16.3 Å². The molecule has 0 aromatic heterocycles. The number of ether oxygens (including phenoxy) is 1. The van der Waals surface area contributed by atoms with E-state index in [0.717, 1.165) is 16.8 Å². The lowest BCUT2D eigenvalue weighted by atomic mass is 9.92. The van der Waals surface area contributed by atoms with Crippen LogP contribution < -0.4 is 15.4 Å². The molecule has 2 N–H and O–H groups in total. The van der Waals surface area contributed by atoms with E-state index in [-0.39, 0.29) is 23.7 Å². The van der Waals surface area contributed by atoms with Crippen molar-refractivity contribution in [2.45, 2.75) is 52.6 Å². The number of carbonyl (C=O) groups is 2. The molecule has 1 atom stereocenters. The van der Waals surface area contributed by atoms with Crippen molar-refractivity contribution >= 4 is 34.8 Å². The number of hydrogen-bond donors (Lipinski definition) is 2. The van der Waals surface area contributed by atoms with Crippen LogP contribution in [0.15, 0.2) is 66.7 Å². The fourth-order valence-electron chi connectivity index (χ4n) is 3.62. The molecule has 0 aliphatic rings. The zero-order chi connectivity index (χ0) is 24.8. The van der Waals surface area contributed by atoms with E-state index in [1.807, 2.05) is 6.07 Å².